The minimum Gasteiger partial charge on any atom is -0.377 e. The molecule has 1 aromatic carbocycles. The Kier molecular flexibility index (Phi) is 6.11. The highest BCUT2D eigenvalue weighted by molar-refractivity contribution is 6.34. The maximum atomic E-state index is 7.06. The third kappa shape index (κ3) is 4.61. The van der Waals surface area contributed by atoms with Gasteiger partial charge in [0.2, 0.25) is 0 Å². The predicted octanol–water partition coefficient (Wildman–Crippen LogP) is 4.22. The molecule has 1 saturated carbocycles. The van der Waals surface area contributed by atoms with E-state index in [0.717, 1.165) is 80.8 Å². The van der Waals surface area contributed by atoms with Crippen molar-refractivity contribution in [3.63, 3.8) is 0 Å². The number of halogens is 1. The number of aromatic nitrogens is 3. The molecule has 0 atom stereocenters. The van der Waals surface area contributed by atoms with Crippen LogP contribution in [0.4, 0.5) is 11.5 Å². The standard InChI is InChI=1S/C27H35ClN6O/c1-3-19-14-20(4-5-22-16-33-9-8-29-26(33)25(31-22)30-21-6-7-21)24(28)23(15-19)32-10-12-34(13-11-32)27(2)17-35-18-27/h8-9,14-16,21H,3-7,10-13,17-18H2,1-2H3,(H,30,31). The molecule has 1 aliphatic carbocycles. The normalized spacial score (nSPS) is 20.3. The average molecular weight is 495 g/mol. The predicted molar refractivity (Wildman–Crippen MR) is 141 cm³/mol. The van der Waals surface area contributed by atoms with Crippen molar-refractivity contribution in [3.8, 4) is 0 Å². The van der Waals surface area contributed by atoms with Crippen LogP contribution in [0, 0.1) is 0 Å². The molecule has 8 heteroatoms. The number of aryl methyl sites for hydroxylation is 3. The number of hydrogen-bond acceptors (Lipinski definition) is 6. The number of hydrogen-bond donors (Lipinski definition) is 1. The van der Waals surface area contributed by atoms with Crippen molar-refractivity contribution in [2.24, 2.45) is 0 Å². The van der Waals surface area contributed by atoms with Gasteiger partial charge in [-0.05, 0) is 56.2 Å². The van der Waals surface area contributed by atoms with Crippen LogP contribution < -0.4 is 10.2 Å². The van der Waals surface area contributed by atoms with Gasteiger partial charge in [0.25, 0.3) is 0 Å². The number of imidazole rings is 1. The summed E-state index contributed by atoms with van der Waals surface area (Å²) in [4.78, 5) is 14.5. The molecule has 2 saturated heterocycles. The summed E-state index contributed by atoms with van der Waals surface area (Å²) in [5.41, 5.74) is 5.91. The third-order valence-corrected chi connectivity index (χ3v) is 8.24. The van der Waals surface area contributed by atoms with Crippen LogP contribution in [-0.2, 0) is 24.0 Å². The van der Waals surface area contributed by atoms with E-state index in [1.165, 1.54) is 29.7 Å². The van der Waals surface area contributed by atoms with Crippen LogP contribution in [0.25, 0.3) is 5.65 Å². The van der Waals surface area contributed by atoms with Crippen molar-refractivity contribution >= 4 is 28.8 Å². The lowest BCUT2D eigenvalue weighted by atomic mass is 9.96. The molecule has 0 unspecified atom stereocenters. The molecule has 7 nitrogen and oxygen atoms in total. The molecule has 1 N–H and O–H groups in total. The molecule has 0 amide bonds. The molecule has 3 fully saturated rings. The molecule has 3 aromatic rings. The summed E-state index contributed by atoms with van der Waals surface area (Å²) in [6.45, 7) is 10.3. The van der Waals surface area contributed by atoms with E-state index in [0.29, 0.717) is 6.04 Å². The minimum atomic E-state index is 0.211. The van der Waals surface area contributed by atoms with E-state index in [9.17, 15) is 0 Å². The molecule has 35 heavy (non-hydrogen) atoms. The zero-order chi connectivity index (χ0) is 24.0. The Bertz CT molecular complexity index is 1210. The number of rotatable bonds is 8. The van der Waals surface area contributed by atoms with E-state index in [-0.39, 0.29) is 5.54 Å². The van der Waals surface area contributed by atoms with Crippen LogP contribution in [0.3, 0.4) is 0 Å². The van der Waals surface area contributed by atoms with Crippen LogP contribution in [-0.4, -0.2) is 70.2 Å². The van der Waals surface area contributed by atoms with Crippen molar-refractivity contribution in [2.45, 2.75) is 57.5 Å². The van der Waals surface area contributed by atoms with Gasteiger partial charge in [0.1, 0.15) is 0 Å². The summed E-state index contributed by atoms with van der Waals surface area (Å²) >= 11 is 7.06. The molecule has 6 rings (SSSR count). The Balaban J connectivity index is 1.20. The smallest absolute Gasteiger partial charge is 0.180 e. The van der Waals surface area contributed by atoms with Gasteiger partial charge < -0.3 is 19.4 Å². The first-order valence-electron chi connectivity index (χ1n) is 13.0. The van der Waals surface area contributed by atoms with E-state index >= 15 is 0 Å². The average Bonchev–Trinajstić information content (AvgIpc) is 3.54. The van der Waals surface area contributed by atoms with Gasteiger partial charge in [0, 0.05) is 50.8 Å². The van der Waals surface area contributed by atoms with Gasteiger partial charge in [-0.2, -0.15) is 0 Å². The molecule has 0 spiro atoms. The van der Waals surface area contributed by atoms with E-state index in [1.54, 1.807) is 0 Å². The topological polar surface area (TPSA) is 57.9 Å². The van der Waals surface area contributed by atoms with Crippen molar-refractivity contribution in [1.29, 1.82) is 0 Å². The van der Waals surface area contributed by atoms with Gasteiger partial charge >= 0.3 is 0 Å². The lowest BCUT2D eigenvalue weighted by Crippen LogP contribution is -2.64. The van der Waals surface area contributed by atoms with Gasteiger partial charge in [0.15, 0.2) is 11.5 Å². The van der Waals surface area contributed by atoms with Crippen LogP contribution in [0.2, 0.25) is 5.02 Å². The molecular formula is C27H35ClN6O. The van der Waals surface area contributed by atoms with Crippen LogP contribution in [0.1, 0.15) is 43.5 Å². The second-order valence-electron chi connectivity index (χ2n) is 10.6. The van der Waals surface area contributed by atoms with Crippen molar-refractivity contribution < 1.29 is 4.74 Å². The SMILES string of the molecule is CCc1cc(CCc2cn3ccnc3c(NC3CC3)n2)c(Cl)c(N2CCN(C3(C)COC3)CC2)c1. The van der Waals surface area contributed by atoms with Crippen molar-refractivity contribution in [2.75, 3.05) is 49.6 Å². The van der Waals surface area contributed by atoms with Crippen LogP contribution in [0.5, 0.6) is 0 Å². The van der Waals surface area contributed by atoms with Gasteiger partial charge in [-0.3, -0.25) is 4.90 Å². The second-order valence-corrected chi connectivity index (χ2v) is 10.9. The van der Waals surface area contributed by atoms with Gasteiger partial charge in [-0.1, -0.05) is 24.6 Å². The lowest BCUT2D eigenvalue weighted by Gasteiger charge is -2.50. The molecule has 3 aliphatic rings. The number of anilines is 2. The summed E-state index contributed by atoms with van der Waals surface area (Å²) in [5.74, 6) is 0.896. The van der Waals surface area contributed by atoms with Crippen LogP contribution >= 0.6 is 11.6 Å². The maximum absolute atomic E-state index is 7.06. The highest BCUT2D eigenvalue weighted by Crippen LogP contribution is 2.34. The zero-order valence-corrected chi connectivity index (χ0v) is 21.5. The summed E-state index contributed by atoms with van der Waals surface area (Å²) in [6.07, 6.45) is 11.1. The first kappa shape index (κ1) is 23.1. The van der Waals surface area contributed by atoms with E-state index < -0.39 is 0 Å². The largest absolute Gasteiger partial charge is 0.377 e. The summed E-state index contributed by atoms with van der Waals surface area (Å²) in [5, 5.41) is 4.45. The monoisotopic (exact) mass is 494 g/mol. The summed E-state index contributed by atoms with van der Waals surface area (Å²) in [6, 6.07) is 5.12. The third-order valence-electron chi connectivity index (χ3n) is 7.80. The fourth-order valence-electron chi connectivity index (χ4n) is 5.30. The van der Waals surface area contributed by atoms with Gasteiger partial charge in [-0.25, -0.2) is 9.97 Å². The molecule has 0 bridgehead atoms. The molecule has 0 radical (unpaired) electrons. The Morgan fingerprint density at radius 3 is 2.63 bits per heavy atom. The van der Waals surface area contributed by atoms with E-state index in [4.69, 9.17) is 21.3 Å². The molecule has 186 valence electrons. The Labute approximate surface area is 212 Å². The fourth-order valence-corrected chi connectivity index (χ4v) is 5.62. The summed E-state index contributed by atoms with van der Waals surface area (Å²) in [7, 11) is 0. The van der Waals surface area contributed by atoms with Crippen molar-refractivity contribution in [1.82, 2.24) is 19.3 Å². The number of ether oxygens (including phenoxy) is 1. The van der Waals surface area contributed by atoms with E-state index in [1.807, 2.05) is 12.4 Å². The fraction of sp³-hybridized carbons (Fsp3) is 0.556. The highest BCUT2D eigenvalue weighted by Gasteiger charge is 2.40. The second kappa shape index (κ2) is 9.26. The number of nitrogens with zero attached hydrogens (tertiary/aromatic N) is 5. The Hall–Kier alpha value is -2.35. The van der Waals surface area contributed by atoms with Crippen LogP contribution in [0.15, 0.2) is 30.7 Å². The first-order chi connectivity index (χ1) is 17.0. The first-order valence-corrected chi connectivity index (χ1v) is 13.4. The van der Waals surface area contributed by atoms with Gasteiger partial charge in [-0.15, -0.1) is 0 Å². The quantitative estimate of drug-likeness (QED) is 0.506. The molecule has 2 aromatic heterocycles. The maximum Gasteiger partial charge on any atom is 0.180 e. The van der Waals surface area contributed by atoms with Crippen molar-refractivity contribution in [3.05, 3.63) is 52.6 Å². The highest BCUT2D eigenvalue weighted by atomic mass is 35.5. The molecule has 4 heterocycles. The Morgan fingerprint density at radius 1 is 1.14 bits per heavy atom. The number of piperazine rings is 1. The minimum absolute atomic E-state index is 0.211. The zero-order valence-electron chi connectivity index (χ0n) is 20.8. The van der Waals surface area contributed by atoms with Gasteiger partial charge in [0.05, 0.1) is 35.2 Å². The summed E-state index contributed by atoms with van der Waals surface area (Å²) < 4.78 is 7.57. The molecular weight excluding hydrogens is 460 g/mol. The Morgan fingerprint density at radius 2 is 1.94 bits per heavy atom. The van der Waals surface area contributed by atoms with E-state index in [2.05, 4.69) is 56.7 Å². The number of benzene rings is 1. The molecule has 2 aliphatic heterocycles. The number of fused-ring (bicyclic) bond motifs is 1. The lowest BCUT2D eigenvalue weighted by molar-refractivity contribution is -0.131. The number of nitrogens with one attached hydrogen (secondary N) is 1.